The van der Waals surface area contributed by atoms with Gasteiger partial charge in [0.25, 0.3) is 0 Å². The van der Waals surface area contributed by atoms with Crippen LogP contribution in [0, 0.1) is 0 Å². The number of carbonyl (C=O) groups is 1. The summed E-state index contributed by atoms with van der Waals surface area (Å²) < 4.78 is 5.12. The van der Waals surface area contributed by atoms with Crippen LogP contribution < -0.4 is 11.1 Å². The Morgan fingerprint density at radius 3 is 2.77 bits per heavy atom. The Balaban J connectivity index is 2.51. The molecule has 0 saturated heterocycles. The van der Waals surface area contributed by atoms with Crippen molar-refractivity contribution < 1.29 is 9.21 Å². The van der Waals surface area contributed by atoms with Gasteiger partial charge in [0.15, 0.2) is 0 Å². The van der Waals surface area contributed by atoms with Gasteiger partial charge in [-0.3, -0.25) is 4.79 Å². The summed E-state index contributed by atoms with van der Waals surface area (Å²) in [6, 6.07) is 2.97. The van der Waals surface area contributed by atoms with E-state index in [1.165, 1.54) is 0 Å². The molecule has 72 valence electrons. The lowest BCUT2D eigenvalue weighted by molar-refractivity contribution is -0.122. The lowest BCUT2D eigenvalue weighted by Crippen LogP contribution is -2.39. The van der Waals surface area contributed by atoms with Gasteiger partial charge in [-0.15, -0.1) is 0 Å². The fourth-order valence-electron chi connectivity index (χ4n) is 0.954. The summed E-state index contributed by atoms with van der Waals surface area (Å²) in [6.45, 7) is 3.49. The summed E-state index contributed by atoms with van der Waals surface area (Å²) in [7, 11) is 0. The fraction of sp³-hybridized carbons (Fsp3) is 0.444. The quantitative estimate of drug-likeness (QED) is 0.726. The first-order valence-corrected chi connectivity index (χ1v) is 4.20. The molecule has 1 unspecified atom stereocenters. The van der Waals surface area contributed by atoms with E-state index in [9.17, 15) is 4.79 Å². The predicted molar refractivity (Wildman–Crippen MR) is 48.9 cm³/mol. The van der Waals surface area contributed by atoms with Gasteiger partial charge in [0.2, 0.25) is 5.91 Å². The summed E-state index contributed by atoms with van der Waals surface area (Å²) >= 11 is 0. The highest BCUT2D eigenvalue weighted by molar-refractivity contribution is 5.81. The first kappa shape index (κ1) is 9.80. The van der Waals surface area contributed by atoms with E-state index in [0.717, 1.165) is 5.76 Å². The third-order valence-corrected chi connectivity index (χ3v) is 1.74. The number of nitrogens with one attached hydrogen (secondary N) is 1. The molecular weight excluding hydrogens is 168 g/mol. The van der Waals surface area contributed by atoms with Crippen LogP contribution >= 0.6 is 0 Å². The van der Waals surface area contributed by atoms with Gasteiger partial charge in [-0.05, 0) is 26.0 Å². The number of carbonyl (C=O) groups excluding carboxylic acids is 1. The molecule has 0 aliphatic heterocycles. The molecule has 0 aliphatic carbocycles. The van der Waals surface area contributed by atoms with E-state index in [1.807, 2.05) is 13.0 Å². The second-order valence-corrected chi connectivity index (χ2v) is 3.03. The fourth-order valence-corrected chi connectivity index (χ4v) is 0.954. The van der Waals surface area contributed by atoms with Crippen LogP contribution in [0.2, 0.25) is 0 Å². The van der Waals surface area contributed by atoms with Gasteiger partial charge in [0.05, 0.1) is 18.3 Å². The maximum atomic E-state index is 11.2. The molecule has 0 spiro atoms. The van der Waals surface area contributed by atoms with Crippen molar-refractivity contribution in [3.63, 3.8) is 0 Å². The topological polar surface area (TPSA) is 68.3 Å². The molecule has 0 bridgehead atoms. The van der Waals surface area contributed by atoms with Crippen molar-refractivity contribution >= 4 is 5.91 Å². The number of hydrogen-bond acceptors (Lipinski definition) is 3. The maximum absolute atomic E-state index is 11.2. The van der Waals surface area contributed by atoms with Crippen molar-refractivity contribution in [3.05, 3.63) is 24.2 Å². The monoisotopic (exact) mass is 182 g/mol. The Bertz CT molecular complexity index is 267. The Kier molecular flexibility index (Phi) is 3.08. The van der Waals surface area contributed by atoms with Crippen LogP contribution in [0.5, 0.6) is 0 Å². The minimum Gasteiger partial charge on any atom is -0.467 e. The van der Waals surface area contributed by atoms with Crippen LogP contribution in [0.4, 0.5) is 0 Å². The zero-order valence-corrected chi connectivity index (χ0v) is 7.78. The first-order valence-electron chi connectivity index (χ1n) is 4.20. The second-order valence-electron chi connectivity index (χ2n) is 3.03. The number of rotatable bonds is 3. The summed E-state index contributed by atoms with van der Waals surface area (Å²) in [4.78, 5) is 11.2. The highest BCUT2D eigenvalue weighted by Crippen LogP contribution is 2.11. The van der Waals surface area contributed by atoms with E-state index in [-0.39, 0.29) is 11.9 Å². The van der Waals surface area contributed by atoms with Crippen LogP contribution in [0.25, 0.3) is 0 Å². The highest BCUT2D eigenvalue weighted by Gasteiger charge is 2.13. The third-order valence-electron chi connectivity index (χ3n) is 1.74. The van der Waals surface area contributed by atoms with Crippen molar-refractivity contribution in [2.75, 3.05) is 0 Å². The smallest absolute Gasteiger partial charge is 0.237 e. The summed E-state index contributed by atoms with van der Waals surface area (Å²) in [6.07, 6.45) is 1.57. The van der Waals surface area contributed by atoms with Gasteiger partial charge in [-0.2, -0.15) is 0 Å². The Morgan fingerprint density at radius 1 is 1.62 bits per heavy atom. The molecule has 3 N–H and O–H groups in total. The molecule has 0 aromatic carbocycles. The van der Waals surface area contributed by atoms with E-state index < -0.39 is 6.04 Å². The van der Waals surface area contributed by atoms with E-state index in [0.29, 0.717) is 0 Å². The van der Waals surface area contributed by atoms with Crippen molar-refractivity contribution in [1.29, 1.82) is 0 Å². The van der Waals surface area contributed by atoms with Gasteiger partial charge in [-0.1, -0.05) is 0 Å². The third kappa shape index (κ3) is 2.59. The van der Waals surface area contributed by atoms with Gasteiger partial charge < -0.3 is 15.5 Å². The molecule has 0 radical (unpaired) electrons. The zero-order chi connectivity index (χ0) is 9.84. The summed E-state index contributed by atoms with van der Waals surface area (Å²) in [5.41, 5.74) is 5.39. The molecule has 1 heterocycles. The van der Waals surface area contributed by atoms with Crippen LogP contribution in [-0.4, -0.2) is 11.9 Å². The van der Waals surface area contributed by atoms with Crippen LogP contribution in [-0.2, 0) is 4.79 Å². The summed E-state index contributed by atoms with van der Waals surface area (Å²) in [5.74, 6) is 0.554. The van der Waals surface area contributed by atoms with Crippen molar-refractivity contribution in [1.82, 2.24) is 5.32 Å². The van der Waals surface area contributed by atoms with Crippen LogP contribution in [0.1, 0.15) is 25.6 Å². The molecule has 1 rings (SSSR count). The van der Waals surface area contributed by atoms with Crippen LogP contribution in [0.3, 0.4) is 0 Å². The molecule has 13 heavy (non-hydrogen) atoms. The molecule has 0 saturated carbocycles. The average Bonchev–Trinajstić information content (AvgIpc) is 2.55. The lowest BCUT2D eigenvalue weighted by Gasteiger charge is -2.12. The maximum Gasteiger partial charge on any atom is 0.237 e. The molecule has 1 aromatic heterocycles. The largest absolute Gasteiger partial charge is 0.467 e. The average molecular weight is 182 g/mol. The molecule has 2 atom stereocenters. The number of amides is 1. The first-order chi connectivity index (χ1) is 6.11. The highest BCUT2D eigenvalue weighted by atomic mass is 16.3. The number of furan rings is 1. The van der Waals surface area contributed by atoms with Crippen molar-refractivity contribution in [2.24, 2.45) is 5.73 Å². The van der Waals surface area contributed by atoms with Gasteiger partial charge in [0.1, 0.15) is 5.76 Å². The minimum atomic E-state index is -0.489. The van der Waals surface area contributed by atoms with Crippen molar-refractivity contribution in [3.8, 4) is 0 Å². The number of nitrogens with two attached hydrogens (primary N) is 1. The molecular formula is C9H14N2O2. The van der Waals surface area contributed by atoms with E-state index in [1.54, 1.807) is 19.3 Å². The normalized spacial score (nSPS) is 15.0. The predicted octanol–water partition coefficient (Wildman–Crippen LogP) is 0.804. The van der Waals surface area contributed by atoms with E-state index in [4.69, 9.17) is 10.2 Å². The van der Waals surface area contributed by atoms with E-state index >= 15 is 0 Å². The van der Waals surface area contributed by atoms with Gasteiger partial charge in [0, 0.05) is 0 Å². The second kappa shape index (κ2) is 4.09. The standard InChI is InChI=1S/C9H14N2O2/c1-6(10)9(12)11-7(2)8-4-3-5-13-8/h3-7H,10H2,1-2H3,(H,11,12)/t6-,7?/m1/s1. The van der Waals surface area contributed by atoms with E-state index in [2.05, 4.69) is 5.32 Å². The SMILES string of the molecule is CC(NC(=O)[C@@H](C)N)c1ccco1. The molecule has 4 heteroatoms. The summed E-state index contributed by atoms with van der Waals surface area (Å²) in [5, 5.41) is 2.72. The molecule has 1 aromatic rings. The Hall–Kier alpha value is -1.29. The Labute approximate surface area is 77.1 Å². The van der Waals surface area contributed by atoms with Gasteiger partial charge in [-0.25, -0.2) is 0 Å². The zero-order valence-electron chi connectivity index (χ0n) is 7.78. The molecule has 4 nitrogen and oxygen atoms in total. The molecule has 0 fully saturated rings. The minimum absolute atomic E-state index is 0.131. The Morgan fingerprint density at radius 2 is 2.31 bits per heavy atom. The molecule has 0 aliphatic rings. The van der Waals surface area contributed by atoms with Crippen LogP contribution in [0.15, 0.2) is 22.8 Å². The molecule has 1 amide bonds. The number of hydrogen-bond donors (Lipinski definition) is 2. The van der Waals surface area contributed by atoms with Crippen molar-refractivity contribution in [2.45, 2.75) is 25.9 Å². The van der Waals surface area contributed by atoms with Gasteiger partial charge >= 0.3 is 0 Å². The lowest BCUT2D eigenvalue weighted by atomic mass is 10.2.